The average Bonchev–Trinajstić information content (AvgIpc) is 2.39. The van der Waals surface area contributed by atoms with Gasteiger partial charge < -0.3 is 15.6 Å². The first-order valence-electron chi connectivity index (χ1n) is 5.73. The number of benzene rings is 1. The molecule has 0 amide bonds. The molecule has 0 aliphatic carbocycles. The van der Waals surface area contributed by atoms with Gasteiger partial charge in [-0.25, -0.2) is 0 Å². The Morgan fingerprint density at radius 3 is 2.68 bits per heavy atom. The first-order chi connectivity index (χ1) is 8.90. The SMILES string of the molecule is CCc1cc(CC(N)C(=O)OC)c(O)c([N+](=O)[O-])c1. The maximum Gasteiger partial charge on any atom is 0.322 e. The molecule has 19 heavy (non-hydrogen) atoms. The van der Waals surface area contributed by atoms with Gasteiger partial charge in [0, 0.05) is 18.1 Å². The highest BCUT2D eigenvalue weighted by atomic mass is 16.6. The molecule has 7 nitrogen and oxygen atoms in total. The van der Waals surface area contributed by atoms with E-state index in [9.17, 15) is 20.0 Å². The monoisotopic (exact) mass is 268 g/mol. The van der Waals surface area contributed by atoms with Crippen LogP contribution in [0.2, 0.25) is 0 Å². The number of nitro groups is 1. The van der Waals surface area contributed by atoms with Gasteiger partial charge in [0.05, 0.1) is 12.0 Å². The fourth-order valence-corrected chi connectivity index (χ4v) is 1.71. The van der Waals surface area contributed by atoms with Crippen molar-refractivity contribution in [2.24, 2.45) is 5.73 Å². The number of ether oxygens (including phenoxy) is 1. The quantitative estimate of drug-likeness (QED) is 0.465. The van der Waals surface area contributed by atoms with Gasteiger partial charge in [0.1, 0.15) is 6.04 Å². The predicted molar refractivity (Wildman–Crippen MR) is 67.8 cm³/mol. The lowest BCUT2D eigenvalue weighted by molar-refractivity contribution is -0.386. The summed E-state index contributed by atoms with van der Waals surface area (Å²) in [6, 6.07) is 1.94. The molecule has 7 heteroatoms. The van der Waals surface area contributed by atoms with E-state index in [1.807, 2.05) is 6.92 Å². The molecule has 0 saturated carbocycles. The van der Waals surface area contributed by atoms with Crippen molar-refractivity contribution in [1.82, 2.24) is 0 Å². The van der Waals surface area contributed by atoms with Crippen molar-refractivity contribution >= 4 is 11.7 Å². The Hall–Kier alpha value is -2.15. The summed E-state index contributed by atoms with van der Waals surface area (Å²) < 4.78 is 4.48. The number of esters is 1. The highest BCUT2D eigenvalue weighted by Gasteiger charge is 2.22. The predicted octanol–water partition coefficient (Wildman–Crippen LogP) is 0.906. The van der Waals surface area contributed by atoms with Crippen LogP contribution in [0.3, 0.4) is 0 Å². The number of phenolic OH excluding ortho intramolecular Hbond substituents is 1. The third-order valence-corrected chi connectivity index (χ3v) is 2.78. The number of carbonyl (C=O) groups is 1. The molecule has 0 fully saturated rings. The Kier molecular flexibility index (Phi) is 4.82. The summed E-state index contributed by atoms with van der Waals surface area (Å²) in [5.74, 6) is -1.09. The van der Waals surface area contributed by atoms with Gasteiger partial charge in [-0.1, -0.05) is 13.0 Å². The summed E-state index contributed by atoms with van der Waals surface area (Å²) in [6.07, 6.45) is 0.550. The molecular weight excluding hydrogens is 252 g/mol. The van der Waals surface area contributed by atoms with Crippen molar-refractivity contribution in [3.8, 4) is 5.75 Å². The van der Waals surface area contributed by atoms with E-state index in [0.717, 1.165) is 0 Å². The highest BCUT2D eigenvalue weighted by molar-refractivity contribution is 5.76. The minimum Gasteiger partial charge on any atom is -0.502 e. The van der Waals surface area contributed by atoms with Crippen LogP contribution >= 0.6 is 0 Å². The first kappa shape index (κ1) is 14.9. The maximum atomic E-state index is 11.2. The maximum absolute atomic E-state index is 11.2. The normalized spacial score (nSPS) is 11.9. The van der Waals surface area contributed by atoms with E-state index in [1.165, 1.54) is 13.2 Å². The molecule has 0 spiro atoms. The zero-order valence-corrected chi connectivity index (χ0v) is 10.8. The van der Waals surface area contributed by atoms with Gasteiger partial charge in [0.15, 0.2) is 5.75 Å². The van der Waals surface area contributed by atoms with Gasteiger partial charge in [-0.15, -0.1) is 0 Å². The van der Waals surface area contributed by atoms with Crippen molar-refractivity contribution < 1.29 is 19.6 Å². The van der Waals surface area contributed by atoms with E-state index in [1.54, 1.807) is 6.07 Å². The van der Waals surface area contributed by atoms with Crippen LogP contribution in [0.5, 0.6) is 5.75 Å². The number of hydrogen-bond donors (Lipinski definition) is 2. The van der Waals surface area contributed by atoms with E-state index >= 15 is 0 Å². The summed E-state index contributed by atoms with van der Waals surface area (Å²) >= 11 is 0. The Morgan fingerprint density at radius 1 is 1.58 bits per heavy atom. The van der Waals surface area contributed by atoms with Crippen molar-refractivity contribution in [3.63, 3.8) is 0 Å². The summed E-state index contributed by atoms with van der Waals surface area (Å²) in [5.41, 5.74) is 6.17. The number of phenols is 1. The molecule has 3 N–H and O–H groups in total. The van der Waals surface area contributed by atoms with Crippen LogP contribution in [0, 0.1) is 10.1 Å². The second-order valence-electron chi connectivity index (χ2n) is 4.07. The van der Waals surface area contributed by atoms with Crippen molar-refractivity contribution in [3.05, 3.63) is 33.4 Å². The minimum atomic E-state index is -0.970. The number of aromatic hydroxyl groups is 1. The van der Waals surface area contributed by atoms with Crippen LogP contribution in [-0.4, -0.2) is 29.2 Å². The van der Waals surface area contributed by atoms with E-state index < -0.39 is 22.7 Å². The van der Waals surface area contributed by atoms with Crippen LogP contribution in [0.1, 0.15) is 18.1 Å². The number of nitrogens with two attached hydrogens (primary N) is 1. The molecule has 104 valence electrons. The van der Waals surface area contributed by atoms with Gasteiger partial charge in [0.2, 0.25) is 0 Å². The molecule has 1 rings (SSSR count). The van der Waals surface area contributed by atoms with Gasteiger partial charge in [-0.3, -0.25) is 14.9 Å². The van der Waals surface area contributed by atoms with Crippen LogP contribution in [0.4, 0.5) is 5.69 Å². The lowest BCUT2D eigenvalue weighted by Gasteiger charge is -2.12. The summed E-state index contributed by atoms with van der Waals surface area (Å²) in [6.45, 7) is 1.83. The van der Waals surface area contributed by atoms with E-state index in [4.69, 9.17) is 5.73 Å². The largest absolute Gasteiger partial charge is 0.502 e. The molecular formula is C12H16N2O5. The molecule has 1 unspecified atom stereocenters. The number of rotatable bonds is 5. The molecule has 1 atom stereocenters. The Bertz CT molecular complexity index is 501. The fraction of sp³-hybridized carbons (Fsp3) is 0.417. The lowest BCUT2D eigenvalue weighted by Crippen LogP contribution is -2.33. The third kappa shape index (κ3) is 3.41. The van der Waals surface area contributed by atoms with Crippen LogP contribution in [0.25, 0.3) is 0 Å². The summed E-state index contributed by atoms with van der Waals surface area (Å²) in [7, 11) is 1.20. The molecule has 0 aliphatic heterocycles. The number of nitrogens with zero attached hydrogens (tertiary/aromatic N) is 1. The van der Waals surface area contributed by atoms with Gasteiger partial charge in [-0.05, 0) is 12.0 Å². The second kappa shape index (κ2) is 6.14. The molecule has 0 heterocycles. The molecule has 0 radical (unpaired) electrons. The minimum absolute atomic E-state index is 0.0206. The van der Waals surface area contributed by atoms with Gasteiger partial charge >= 0.3 is 11.7 Å². The summed E-state index contributed by atoms with van der Waals surface area (Å²) in [4.78, 5) is 21.4. The van der Waals surface area contributed by atoms with Crippen LogP contribution < -0.4 is 5.73 Å². The van der Waals surface area contributed by atoms with E-state index in [0.29, 0.717) is 12.0 Å². The Balaban J connectivity index is 3.16. The second-order valence-corrected chi connectivity index (χ2v) is 4.07. The number of hydrogen-bond acceptors (Lipinski definition) is 6. The standard InChI is InChI=1S/C12H16N2O5/c1-3-7-4-8(6-9(13)12(16)19-2)11(15)10(5-7)14(17)18/h4-5,9,15H,3,6,13H2,1-2H3. The third-order valence-electron chi connectivity index (χ3n) is 2.78. The van der Waals surface area contributed by atoms with Crippen molar-refractivity contribution in [1.29, 1.82) is 0 Å². The van der Waals surface area contributed by atoms with Crippen molar-refractivity contribution in [2.45, 2.75) is 25.8 Å². The molecule has 0 saturated heterocycles. The number of aryl methyl sites for hydroxylation is 1. The number of nitro benzene ring substituents is 1. The van der Waals surface area contributed by atoms with Crippen molar-refractivity contribution in [2.75, 3.05) is 7.11 Å². The number of methoxy groups -OCH3 is 1. The zero-order valence-electron chi connectivity index (χ0n) is 10.8. The lowest BCUT2D eigenvalue weighted by atomic mass is 10.0. The molecule has 1 aromatic carbocycles. The Morgan fingerprint density at radius 2 is 2.21 bits per heavy atom. The van der Waals surface area contributed by atoms with Gasteiger partial charge in [0.25, 0.3) is 0 Å². The fourth-order valence-electron chi connectivity index (χ4n) is 1.71. The molecule has 1 aromatic rings. The van der Waals surface area contributed by atoms with Gasteiger partial charge in [-0.2, -0.15) is 0 Å². The first-order valence-corrected chi connectivity index (χ1v) is 5.73. The van der Waals surface area contributed by atoms with E-state index in [-0.39, 0.29) is 17.7 Å². The zero-order chi connectivity index (χ0) is 14.6. The molecule has 0 bridgehead atoms. The Labute approximate surface area is 110 Å². The summed E-state index contributed by atoms with van der Waals surface area (Å²) in [5, 5.41) is 20.7. The van der Waals surface area contributed by atoms with E-state index in [2.05, 4.69) is 4.74 Å². The molecule has 0 aromatic heterocycles. The smallest absolute Gasteiger partial charge is 0.322 e. The highest BCUT2D eigenvalue weighted by Crippen LogP contribution is 2.32. The average molecular weight is 268 g/mol. The number of carbonyl (C=O) groups excluding carboxylic acids is 1. The topological polar surface area (TPSA) is 116 Å². The van der Waals surface area contributed by atoms with Crippen LogP contribution in [-0.2, 0) is 22.4 Å². The molecule has 0 aliphatic rings. The van der Waals surface area contributed by atoms with Crippen LogP contribution in [0.15, 0.2) is 12.1 Å².